The number of amides is 1. The molecule has 3 aromatic rings. The van der Waals surface area contributed by atoms with Gasteiger partial charge >= 0.3 is 0 Å². The van der Waals surface area contributed by atoms with Gasteiger partial charge in [0.2, 0.25) is 5.95 Å². The minimum Gasteiger partial charge on any atom is -0.364 e. The molecule has 29 heavy (non-hydrogen) atoms. The normalized spacial score (nSPS) is 20.7. The Morgan fingerprint density at radius 2 is 1.93 bits per heavy atom. The van der Waals surface area contributed by atoms with Crippen LogP contribution in [0, 0.1) is 5.82 Å². The fraction of sp³-hybridized carbons (Fsp3) is 0.263. The second-order valence-corrected chi connectivity index (χ2v) is 6.90. The molecule has 0 spiro atoms. The maximum Gasteiger partial charge on any atom is 0.267 e. The number of carbonyl (C=O) groups is 1. The summed E-state index contributed by atoms with van der Waals surface area (Å²) in [6.45, 7) is 0.244. The molecule has 1 amide bonds. The molecule has 3 heterocycles. The molecule has 0 bridgehead atoms. The molecular formula is C19H17F2N7O. The summed E-state index contributed by atoms with van der Waals surface area (Å²) in [7, 11) is 0. The van der Waals surface area contributed by atoms with Crippen LogP contribution in [-0.2, 0) is 5.41 Å². The van der Waals surface area contributed by atoms with Crippen molar-refractivity contribution in [3.8, 4) is 11.4 Å². The molecule has 0 aromatic carbocycles. The number of nitrogens with one attached hydrogen (secondary N) is 1. The first-order valence-electron chi connectivity index (χ1n) is 8.91. The van der Waals surface area contributed by atoms with Crippen molar-refractivity contribution >= 4 is 11.9 Å². The van der Waals surface area contributed by atoms with Crippen LogP contribution in [0.3, 0.4) is 0 Å². The first-order valence-corrected chi connectivity index (χ1v) is 8.91. The van der Waals surface area contributed by atoms with Crippen LogP contribution < -0.4 is 11.1 Å². The molecule has 10 heteroatoms. The summed E-state index contributed by atoms with van der Waals surface area (Å²) in [5.74, 6) is -0.563. The number of hydrogen-bond acceptors (Lipinski definition) is 7. The van der Waals surface area contributed by atoms with Gasteiger partial charge in [-0.3, -0.25) is 9.78 Å². The molecule has 148 valence electrons. The van der Waals surface area contributed by atoms with Crippen molar-refractivity contribution in [2.75, 3.05) is 11.9 Å². The van der Waals surface area contributed by atoms with Crippen molar-refractivity contribution in [3.63, 3.8) is 0 Å². The van der Waals surface area contributed by atoms with Crippen LogP contribution in [0.5, 0.6) is 0 Å². The summed E-state index contributed by atoms with van der Waals surface area (Å²) in [6.07, 6.45) is 5.27. The molecule has 0 radical (unpaired) electrons. The minimum atomic E-state index is -0.990. The number of carbonyl (C=O) groups excluding carboxylic acids is 1. The van der Waals surface area contributed by atoms with Crippen LogP contribution in [-0.4, -0.2) is 43.5 Å². The number of halogens is 2. The maximum atomic E-state index is 14.2. The quantitative estimate of drug-likeness (QED) is 0.653. The van der Waals surface area contributed by atoms with Crippen LogP contribution in [0.25, 0.3) is 11.4 Å². The van der Waals surface area contributed by atoms with E-state index >= 15 is 0 Å². The number of aromatic nitrogens is 5. The Balaban J connectivity index is 1.50. The predicted octanol–water partition coefficient (Wildman–Crippen LogP) is 2.05. The third kappa shape index (κ3) is 3.73. The zero-order valence-corrected chi connectivity index (χ0v) is 15.2. The van der Waals surface area contributed by atoms with Crippen molar-refractivity contribution in [2.45, 2.75) is 24.4 Å². The number of nitrogens with two attached hydrogens (primary N) is 1. The number of hydrogen-bond donors (Lipinski definition) is 2. The Morgan fingerprint density at radius 1 is 1.17 bits per heavy atom. The summed E-state index contributed by atoms with van der Waals surface area (Å²) in [4.78, 5) is 31.9. The van der Waals surface area contributed by atoms with E-state index < -0.39 is 23.3 Å². The highest BCUT2D eigenvalue weighted by Crippen LogP contribution is 2.45. The average Bonchev–Trinajstić information content (AvgIpc) is 2.71. The number of pyridine rings is 1. The monoisotopic (exact) mass is 397 g/mol. The van der Waals surface area contributed by atoms with E-state index in [1.54, 1.807) is 0 Å². The van der Waals surface area contributed by atoms with Crippen LogP contribution >= 0.6 is 0 Å². The van der Waals surface area contributed by atoms with Gasteiger partial charge in [-0.2, -0.15) is 0 Å². The van der Waals surface area contributed by atoms with Gasteiger partial charge in [0.1, 0.15) is 17.7 Å². The van der Waals surface area contributed by atoms with Gasteiger partial charge in [0.05, 0.1) is 11.3 Å². The number of alkyl halides is 1. The van der Waals surface area contributed by atoms with E-state index in [4.69, 9.17) is 5.73 Å². The Labute approximate surface area is 164 Å². The van der Waals surface area contributed by atoms with E-state index in [0.29, 0.717) is 5.56 Å². The molecular weight excluding hydrogens is 380 g/mol. The lowest BCUT2D eigenvalue weighted by molar-refractivity contribution is 0.0963. The van der Waals surface area contributed by atoms with E-state index in [9.17, 15) is 13.6 Å². The van der Waals surface area contributed by atoms with E-state index in [-0.39, 0.29) is 42.5 Å². The van der Waals surface area contributed by atoms with Crippen molar-refractivity contribution in [1.82, 2.24) is 24.9 Å². The highest BCUT2D eigenvalue weighted by atomic mass is 19.1. The van der Waals surface area contributed by atoms with Crippen molar-refractivity contribution in [2.24, 2.45) is 5.73 Å². The molecule has 4 rings (SSSR count). The SMILES string of the molecule is NC(=O)c1ccnc(-c2cnc(NC[C@]3(c4ncccc4F)C[C@H](F)C3)nc2)n1. The molecule has 0 saturated heterocycles. The van der Waals surface area contributed by atoms with Crippen LogP contribution in [0.4, 0.5) is 14.7 Å². The first-order chi connectivity index (χ1) is 14.0. The lowest BCUT2D eigenvalue weighted by atomic mass is 9.65. The molecule has 1 aliphatic carbocycles. The second-order valence-electron chi connectivity index (χ2n) is 6.90. The first kappa shape index (κ1) is 18.8. The fourth-order valence-corrected chi connectivity index (χ4v) is 3.40. The highest BCUT2D eigenvalue weighted by Gasteiger charge is 2.48. The van der Waals surface area contributed by atoms with Crippen molar-refractivity contribution in [3.05, 3.63) is 60.2 Å². The van der Waals surface area contributed by atoms with Crippen molar-refractivity contribution in [1.29, 1.82) is 0 Å². The summed E-state index contributed by atoms with van der Waals surface area (Å²) in [5, 5.41) is 3.03. The molecule has 1 saturated carbocycles. The van der Waals surface area contributed by atoms with Crippen LogP contribution in [0.2, 0.25) is 0 Å². The van der Waals surface area contributed by atoms with Crippen molar-refractivity contribution < 1.29 is 13.6 Å². The summed E-state index contributed by atoms with van der Waals surface area (Å²) >= 11 is 0. The third-order valence-corrected chi connectivity index (χ3v) is 4.89. The topological polar surface area (TPSA) is 120 Å². The molecule has 1 aliphatic rings. The zero-order chi connectivity index (χ0) is 20.4. The van der Waals surface area contributed by atoms with Gasteiger partial charge in [-0.05, 0) is 31.0 Å². The number of anilines is 1. The molecule has 8 nitrogen and oxygen atoms in total. The van der Waals surface area contributed by atoms with Gasteiger partial charge in [0.15, 0.2) is 5.82 Å². The van der Waals surface area contributed by atoms with Crippen LogP contribution in [0.15, 0.2) is 43.0 Å². The van der Waals surface area contributed by atoms with Gasteiger partial charge in [-0.1, -0.05) is 0 Å². The minimum absolute atomic E-state index is 0.0855. The van der Waals surface area contributed by atoms with E-state index in [1.807, 2.05) is 0 Å². The van der Waals surface area contributed by atoms with E-state index in [1.165, 1.54) is 43.0 Å². The Kier molecular flexibility index (Phi) is 4.83. The van der Waals surface area contributed by atoms with Crippen LogP contribution in [0.1, 0.15) is 29.0 Å². The maximum absolute atomic E-state index is 14.2. The van der Waals surface area contributed by atoms with Gasteiger partial charge in [-0.15, -0.1) is 0 Å². The summed E-state index contributed by atoms with van der Waals surface area (Å²) < 4.78 is 27.8. The molecule has 3 N–H and O–H groups in total. The largest absolute Gasteiger partial charge is 0.364 e. The van der Waals surface area contributed by atoms with E-state index in [0.717, 1.165) is 0 Å². The molecule has 0 atom stereocenters. The predicted molar refractivity (Wildman–Crippen MR) is 100 cm³/mol. The smallest absolute Gasteiger partial charge is 0.267 e. The second kappa shape index (κ2) is 7.46. The number of rotatable bonds is 6. The van der Waals surface area contributed by atoms with E-state index in [2.05, 4.69) is 30.2 Å². The Hall–Kier alpha value is -3.56. The fourth-order valence-electron chi connectivity index (χ4n) is 3.40. The van der Waals surface area contributed by atoms with Gasteiger partial charge in [0, 0.05) is 36.7 Å². The van der Waals surface area contributed by atoms with Gasteiger partial charge in [-0.25, -0.2) is 28.7 Å². The standard InChI is InChI=1S/C19H17F2N7O/c20-12-6-19(7-12,15-13(21)2-1-4-23-15)10-27-18-25-8-11(9-26-18)17-24-5-3-14(28-17)16(22)29/h1-5,8-9,12H,6-7,10H2,(H2,22,29)(H,25,26,27)/t12-,19-. The molecule has 1 fully saturated rings. The summed E-state index contributed by atoms with van der Waals surface area (Å²) in [5.41, 5.74) is 5.31. The Bertz CT molecular complexity index is 1040. The van der Waals surface area contributed by atoms with Gasteiger partial charge in [0.25, 0.3) is 5.91 Å². The highest BCUT2D eigenvalue weighted by molar-refractivity contribution is 5.91. The average molecular weight is 397 g/mol. The zero-order valence-electron chi connectivity index (χ0n) is 15.2. The lowest BCUT2D eigenvalue weighted by Gasteiger charge is -2.43. The number of primary amides is 1. The summed E-state index contributed by atoms with van der Waals surface area (Å²) in [6, 6.07) is 4.24. The van der Waals surface area contributed by atoms with Gasteiger partial charge < -0.3 is 11.1 Å². The molecule has 0 aliphatic heterocycles. The third-order valence-electron chi connectivity index (χ3n) is 4.89. The Morgan fingerprint density at radius 3 is 2.59 bits per heavy atom. The number of nitrogens with zero attached hydrogens (tertiary/aromatic N) is 5. The lowest BCUT2D eigenvalue weighted by Crippen LogP contribution is -2.49. The molecule has 0 unspecified atom stereocenters. The molecule has 3 aromatic heterocycles.